The van der Waals surface area contributed by atoms with Crippen molar-refractivity contribution in [3.63, 3.8) is 0 Å². The Bertz CT molecular complexity index is 1220. The van der Waals surface area contributed by atoms with Crippen molar-refractivity contribution in [2.75, 3.05) is 18.8 Å². The second kappa shape index (κ2) is 8.64. The standard InChI is InChI=1S/C26H33N7O2/c1-25(2)10-19(30-14-25)18(11-27)15-3-4-21(34)17(9-15)20-13-29-23(28)22(33-20)24(35)32-16-5-6-26(7-8-26)31-12-16/h3-4,9,11,13,16,31,34H,5-8,10,12,14,27H2,1-2H3,(H2,28,29)(H,32,35). The quantitative estimate of drug-likeness (QED) is 0.446. The summed E-state index contributed by atoms with van der Waals surface area (Å²) in [5.74, 6) is -0.291. The molecule has 9 nitrogen and oxygen atoms in total. The molecule has 1 saturated heterocycles. The SMILES string of the molecule is CC1(C)CN=C(C(=CN)c2ccc(O)c(-c3cnc(N)c(C(=O)NC4CCC5(CC5)NC4)n3)c2)C1. The number of nitrogens with one attached hydrogen (secondary N) is 2. The van der Waals surface area contributed by atoms with Gasteiger partial charge in [-0.2, -0.15) is 0 Å². The van der Waals surface area contributed by atoms with Gasteiger partial charge < -0.3 is 27.2 Å². The minimum absolute atomic E-state index is 0.0176. The van der Waals surface area contributed by atoms with E-state index in [4.69, 9.17) is 11.5 Å². The van der Waals surface area contributed by atoms with E-state index in [9.17, 15) is 9.90 Å². The number of aromatic nitrogens is 2. The van der Waals surface area contributed by atoms with Gasteiger partial charge in [0.1, 0.15) is 5.75 Å². The van der Waals surface area contributed by atoms with Crippen molar-refractivity contribution in [2.45, 2.75) is 57.5 Å². The van der Waals surface area contributed by atoms with Crippen molar-refractivity contribution in [1.29, 1.82) is 0 Å². The van der Waals surface area contributed by atoms with E-state index in [2.05, 4.69) is 39.4 Å². The minimum Gasteiger partial charge on any atom is -0.507 e. The lowest BCUT2D eigenvalue weighted by molar-refractivity contribution is 0.0921. The number of allylic oxidation sites excluding steroid dienone is 1. The van der Waals surface area contributed by atoms with Crippen LogP contribution in [0.25, 0.3) is 16.8 Å². The van der Waals surface area contributed by atoms with Gasteiger partial charge in [0.05, 0.1) is 11.9 Å². The topological polar surface area (TPSA) is 152 Å². The van der Waals surface area contributed by atoms with Crippen LogP contribution in [-0.4, -0.2) is 51.4 Å². The molecule has 0 bridgehead atoms. The van der Waals surface area contributed by atoms with Crippen LogP contribution in [0, 0.1) is 5.41 Å². The van der Waals surface area contributed by atoms with Crippen molar-refractivity contribution < 1.29 is 9.90 Å². The first-order valence-corrected chi connectivity index (χ1v) is 12.2. The van der Waals surface area contributed by atoms with Crippen LogP contribution in [0.15, 0.2) is 35.6 Å². The zero-order valence-electron chi connectivity index (χ0n) is 20.3. The highest BCUT2D eigenvalue weighted by atomic mass is 16.3. The van der Waals surface area contributed by atoms with Gasteiger partial charge in [0.25, 0.3) is 5.91 Å². The van der Waals surface area contributed by atoms with Gasteiger partial charge in [-0.25, -0.2) is 9.97 Å². The molecule has 5 rings (SSSR count). The highest BCUT2D eigenvalue weighted by Crippen LogP contribution is 2.42. The number of piperidine rings is 1. The lowest BCUT2D eigenvalue weighted by Gasteiger charge is -2.30. The number of rotatable bonds is 5. The number of nitrogens with zero attached hydrogens (tertiary/aromatic N) is 3. The van der Waals surface area contributed by atoms with Crippen LogP contribution in [0.4, 0.5) is 5.82 Å². The van der Waals surface area contributed by atoms with Crippen LogP contribution in [-0.2, 0) is 0 Å². The highest BCUT2D eigenvalue weighted by molar-refractivity contribution is 6.24. The maximum Gasteiger partial charge on any atom is 0.274 e. The molecule has 9 heteroatoms. The van der Waals surface area contributed by atoms with Crippen LogP contribution in [0.5, 0.6) is 5.75 Å². The number of hydrogen-bond donors (Lipinski definition) is 5. The molecule has 1 aromatic carbocycles. The van der Waals surface area contributed by atoms with Gasteiger partial charge in [0.2, 0.25) is 0 Å². The predicted molar refractivity (Wildman–Crippen MR) is 137 cm³/mol. The molecular weight excluding hydrogens is 442 g/mol. The van der Waals surface area contributed by atoms with Gasteiger partial charge in [-0.1, -0.05) is 19.9 Å². The fourth-order valence-corrected chi connectivity index (χ4v) is 4.95. The molecule has 2 aromatic rings. The van der Waals surface area contributed by atoms with E-state index in [1.54, 1.807) is 24.4 Å². The van der Waals surface area contributed by atoms with Crippen molar-refractivity contribution in [3.05, 3.63) is 41.9 Å². The zero-order valence-corrected chi connectivity index (χ0v) is 20.3. The van der Waals surface area contributed by atoms with E-state index < -0.39 is 0 Å². The molecule has 1 unspecified atom stereocenters. The van der Waals surface area contributed by atoms with Crippen LogP contribution < -0.4 is 22.1 Å². The number of carbonyl (C=O) groups excluding carboxylic acids is 1. The molecule has 2 fully saturated rings. The van der Waals surface area contributed by atoms with E-state index in [1.807, 2.05) is 0 Å². The van der Waals surface area contributed by atoms with Crippen molar-refractivity contribution >= 4 is 23.0 Å². The largest absolute Gasteiger partial charge is 0.507 e. The van der Waals surface area contributed by atoms with Crippen LogP contribution in [0.2, 0.25) is 0 Å². The summed E-state index contributed by atoms with van der Waals surface area (Å²) in [4.78, 5) is 26.4. The molecule has 3 heterocycles. The number of anilines is 1. The Hall–Kier alpha value is -3.46. The Kier molecular flexibility index (Phi) is 5.75. The summed E-state index contributed by atoms with van der Waals surface area (Å²) >= 11 is 0. The van der Waals surface area contributed by atoms with E-state index in [0.717, 1.165) is 49.2 Å². The lowest BCUT2D eigenvalue weighted by atomic mass is 9.87. The molecule has 1 spiro atoms. The summed E-state index contributed by atoms with van der Waals surface area (Å²) in [5.41, 5.74) is 15.8. The summed E-state index contributed by atoms with van der Waals surface area (Å²) in [5, 5.41) is 17.2. The van der Waals surface area contributed by atoms with E-state index >= 15 is 0 Å². The molecular formula is C26H33N7O2. The fraction of sp³-hybridized carbons (Fsp3) is 0.462. The Morgan fingerprint density at radius 3 is 2.71 bits per heavy atom. The number of carbonyl (C=O) groups is 1. The number of nitrogens with two attached hydrogens (primary N) is 2. The third-order valence-electron chi connectivity index (χ3n) is 7.30. The number of aromatic hydroxyl groups is 1. The van der Waals surface area contributed by atoms with Crippen molar-refractivity contribution in [1.82, 2.24) is 20.6 Å². The molecule has 3 aliphatic rings. The smallest absolute Gasteiger partial charge is 0.274 e. The average Bonchev–Trinajstić information content (AvgIpc) is 3.49. The van der Waals surface area contributed by atoms with Crippen LogP contribution in [0.3, 0.4) is 0 Å². The molecule has 0 radical (unpaired) electrons. The molecule has 1 atom stereocenters. The lowest BCUT2D eigenvalue weighted by Crippen LogP contribution is -2.50. The maximum absolute atomic E-state index is 13.0. The van der Waals surface area contributed by atoms with Crippen molar-refractivity contribution in [3.8, 4) is 17.0 Å². The molecule has 7 N–H and O–H groups in total. The molecule has 35 heavy (non-hydrogen) atoms. The van der Waals surface area contributed by atoms with E-state index in [1.165, 1.54) is 19.0 Å². The van der Waals surface area contributed by atoms with E-state index in [0.29, 0.717) is 16.8 Å². The third kappa shape index (κ3) is 4.73. The number of nitrogen functional groups attached to an aromatic ring is 1. The minimum atomic E-state index is -0.365. The molecule has 1 amide bonds. The number of benzene rings is 1. The van der Waals surface area contributed by atoms with Gasteiger partial charge >= 0.3 is 0 Å². The first kappa shape index (κ1) is 23.3. The number of phenolic OH excluding ortho intramolecular Hbond substituents is 1. The number of phenols is 1. The molecule has 1 aliphatic carbocycles. The normalized spacial score (nSPS) is 22.6. The number of aliphatic imine (C=N–C) groups is 1. The molecule has 2 aliphatic heterocycles. The molecule has 1 saturated carbocycles. The van der Waals surface area contributed by atoms with Gasteiger partial charge in [-0.3, -0.25) is 9.79 Å². The zero-order chi connectivity index (χ0) is 24.8. The Morgan fingerprint density at radius 2 is 2.09 bits per heavy atom. The molecule has 184 valence electrons. The summed E-state index contributed by atoms with van der Waals surface area (Å²) < 4.78 is 0. The summed E-state index contributed by atoms with van der Waals surface area (Å²) in [6, 6.07) is 5.20. The highest BCUT2D eigenvalue weighted by Gasteiger charge is 2.45. The predicted octanol–water partition coefficient (Wildman–Crippen LogP) is 2.62. The summed E-state index contributed by atoms with van der Waals surface area (Å²) in [6.07, 6.45) is 8.23. The third-order valence-corrected chi connectivity index (χ3v) is 7.30. The van der Waals surface area contributed by atoms with Crippen molar-refractivity contribution in [2.24, 2.45) is 16.1 Å². The van der Waals surface area contributed by atoms with Gasteiger partial charge in [0.15, 0.2) is 11.5 Å². The maximum atomic E-state index is 13.0. The van der Waals surface area contributed by atoms with Gasteiger partial charge in [-0.15, -0.1) is 0 Å². The van der Waals surface area contributed by atoms with Crippen LogP contribution >= 0.6 is 0 Å². The molecule has 1 aromatic heterocycles. The van der Waals surface area contributed by atoms with E-state index in [-0.39, 0.29) is 34.6 Å². The first-order chi connectivity index (χ1) is 16.7. The first-order valence-electron chi connectivity index (χ1n) is 12.2. The Morgan fingerprint density at radius 1 is 1.29 bits per heavy atom. The fourth-order valence-electron chi connectivity index (χ4n) is 4.95. The average molecular weight is 476 g/mol. The number of amides is 1. The van der Waals surface area contributed by atoms with Crippen LogP contribution in [0.1, 0.15) is 62.0 Å². The van der Waals surface area contributed by atoms with Gasteiger partial charge in [-0.05, 0) is 55.2 Å². The second-order valence-corrected chi connectivity index (χ2v) is 10.8. The Balaban J connectivity index is 1.39. The number of hydrogen-bond acceptors (Lipinski definition) is 8. The second-order valence-electron chi connectivity index (χ2n) is 10.8. The van der Waals surface area contributed by atoms with Gasteiger partial charge in [0, 0.05) is 47.7 Å². The summed E-state index contributed by atoms with van der Waals surface area (Å²) in [6.45, 7) is 5.81. The monoisotopic (exact) mass is 475 g/mol. The Labute approximate surface area is 205 Å². The summed E-state index contributed by atoms with van der Waals surface area (Å²) in [7, 11) is 0.